The highest BCUT2D eigenvalue weighted by atomic mass is 32.1. The van der Waals surface area contributed by atoms with Crippen molar-refractivity contribution in [1.29, 1.82) is 0 Å². The molecule has 0 radical (unpaired) electrons. The smallest absolute Gasteiger partial charge is 0.341 e. The maximum absolute atomic E-state index is 13.6. The number of nitrogens with one attached hydrogen (secondary N) is 1. The van der Waals surface area contributed by atoms with E-state index in [1.807, 2.05) is 55.5 Å². The van der Waals surface area contributed by atoms with Crippen molar-refractivity contribution in [2.45, 2.75) is 20.8 Å². The lowest BCUT2D eigenvalue weighted by molar-refractivity contribution is 0.0527. The molecule has 0 aliphatic rings. The highest BCUT2D eigenvalue weighted by Crippen LogP contribution is 2.35. The number of rotatable bonds is 6. The maximum Gasteiger partial charge on any atom is 0.341 e. The molecular weight excluding hydrogens is 474 g/mol. The first-order valence-corrected chi connectivity index (χ1v) is 12.3. The van der Waals surface area contributed by atoms with Gasteiger partial charge in [0, 0.05) is 25.0 Å². The Labute approximate surface area is 213 Å². The van der Waals surface area contributed by atoms with Crippen LogP contribution in [0.3, 0.4) is 0 Å². The number of aromatic nitrogens is 1. The van der Waals surface area contributed by atoms with Gasteiger partial charge in [0.25, 0.3) is 11.8 Å². The van der Waals surface area contributed by atoms with Gasteiger partial charge in [-0.05, 0) is 38.5 Å². The van der Waals surface area contributed by atoms with Gasteiger partial charge in [0.05, 0.1) is 33.8 Å². The fraction of sp³-hybridized carbons (Fsp3) is 0.214. The number of esters is 1. The lowest BCUT2D eigenvalue weighted by Gasteiger charge is -2.11. The molecule has 0 fully saturated rings. The van der Waals surface area contributed by atoms with Gasteiger partial charge >= 0.3 is 5.97 Å². The Kier molecular flexibility index (Phi) is 7.17. The number of ether oxygens (including phenoxy) is 1. The summed E-state index contributed by atoms with van der Waals surface area (Å²) >= 11 is 1.07. The number of pyridine rings is 1. The van der Waals surface area contributed by atoms with Gasteiger partial charge in [0.2, 0.25) is 0 Å². The molecule has 2 heterocycles. The zero-order chi connectivity index (χ0) is 26.0. The van der Waals surface area contributed by atoms with Crippen molar-refractivity contribution in [3.63, 3.8) is 0 Å². The molecule has 0 saturated carbocycles. The Hall–Kier alpha value is -4.04. The molecule has 0 unspecified atom stereocenters. The normalized spacial score (nSPS) is 10.8. The molecule has 0 atom stereocenters. The number of hydrogen-bond acceptors (Lipinski definition) is 6. The van der Waals surface area contributed by atoms with Gasteiger partial charge in [0.15, 0.2) is 0 Å². The lowest BCUT2D eigenvalue weighted by Crippen LogP contribution is -2.21. The summed E-state index contributed by atoms with van der Waals surface area (Å²) in [5.41, 5.74) is 4.44. The second-order valence-electron chi connectivity index (χ2n) is 8.57. The van der Waals surface area contributed by atoms with Crippen LogP contribution >= 0.6 is 11.3 Å². The van der Waals surface area contributed by atoms with Gasteiger partial charge in [0.1, 0.15) is 5.00 Å². The Morgan fingerprint density at radius 3 is 2.39 bits per heavy atom. The van der Waals surface area contributed by atoms with Crippen LogP contribution in [0.15, 0.2) is 54.6 Å². The first-order valence-electron chi connectivity index (χ1n) is 11.5. The summed E-state index contributed by atoms with van der Waals surface area (Å²) in [5, 5.41) is 3.84. The lowest BCUT2D eigenvalue weighted by atomic mass is 10.0. The summed E-state index contributed by atoms with van der Waals surface area (Å²) in [5.74, 6) is -1.24. The summed E-state index contributed by atoms with van der Waals surface area (Å²) in [6.45, 7) is 5.58. The van der Waals surface area contributed by atoms with Crippen LogP contribution in [0.1, 0.15) is 48.4 Å². The van der Waals surface area contributed by atoms with E-state index in [1.54, 1.807) is 34.0 Å². The van der Waals surface area contributed by atoms with Crippen molar-refractivity contribution in [3.05, 3.63) is 81.7 Å². The molecule has 4 rings (SSSR count). The monoisotopic (exact) mass is 501 g/mol. The second-order valence-corrected chi connectivity index (χ2v) is 9.59. The van der Waals surface area contributed by atoms with Crippen molar-refractivity contribution in [2.24, 2.45) is 0 Å². The van der Waals surface area contributed by atoms with Crippen molar-refractivity contribution in [3.8, 4) is 11.3 Å². The molecule has 8 heteroatoms. The standard InChI is InChI=1S/C28H27N3O4S/c1-6-35-28(34)23-17(3)24(27(33)31(4)5)36-26(23)30-25(32)20-15-22(18-13-11-16(2)12-14-18)29-21-10-8-7-9-19(20)21/h7-15H,6H2,1-5H3,(H,30,32). The average Bonchev–Trinajstić information content (AvgIpc) is 3.18. The van der Waals surface area contributed by atoms with E-state index in [2.05, 4.69) is 5.32 Å². The molecule has 4 aromatic rings. The van der Waals surface area contributed by atoms with E-state index in [1.165, 1.54) is 4.90 Å². The predicted octanol–water partition coefficient (Wildman–Crippen LogP) is 5.71. The van der Waals surface area contributed by atoms with Gasteiger partial charge in [-0.1, -0.05) is 48.0 Å². The zero-order valence-corrected chi connectivity index (χ0v) is 21.7. The number of nitrogens with zero attached hydrogens (tertiary/aromatic N) is 2. The number of anilines is 1. The zero-order valence-electron chi connectivity index (χ0n) is 20.8. The van der Waals surface area contributed by atoms with Gasteiger partial charge in [-0.2, -0.15) is 0 Å². The van der Waals surface area contributed by atoms with E-state index in [9.17, 15) is 14.4 Å². The SMILES string of the molecule is CCOC(=O)c1c(NC(=O)c2cc(-c3ccc(C)cc3)nc3ccccc23)sc(C(=O)N(C)C)c1C. The Bertz CT molecular complexity index is 1470. The highest BCUT2D eigenvalue weighted by molar-refractivity contribution is 7.18. The van der Waals surface area contributed by atoms with Gasteiger partial charge in [-0.3, -0.25) is 9.59 Å². The van der Waals surface area contributed by atoms with E-state index in [4.69, 9.17) is 9.72 Å². The number of aryl methyl sites for hydroxylation is 1. The summed E-state index contributed by atoms with van der Waals surface area (Å²) in [6, 6.07) is 17.1. The first kappa shape index (κ1) is 25.1. The number of fused-ring (bicyclic) bond motifs is 1. The third-order valence-corrected chi connectivity index (χ3v) is 6.96. The number of hydrogen-bond donors (Lipinski definition) is 1. The summed E-state index contributed by atoms with van der Waals surface area (Å²) in [6.07, 6.45) is 0. The molecule has 0 aliphatic carbocycles. The molecular formula is C28H27N3O4S. The van der Waals surface area contributed by atoms with Crippen molar-refractivity contribution >= 4 is 45.0 Å². The van der Waals surface area contributed by atoms with Crippen molar-refractivity contribution < 1.29 is 19.1 Å². The predicted molar refractivity (Wildman–Crippen MR) is 143 cm³/mol. The molecule has 2 amide bonds. The summed E-state index contributed by atoms with van der Waals surface area (Å²) in [7, 11) is 3.28. The van der Waals surface area contributed by atoms with Crippen molar-refractivity contribution in [2.75, 3.05) is 26.0 Å². The molecule has 184 valence electrons. The minimum atomic E-state index is -0.584. The molecule has 2 aromatic heterocycles. The van der Waals surface area contributed by atoms with Crippen LogP contribution in [0.25, 0.3) is 22.2 Å². The Balaban J connectivity index is 1.81. The Morgan fingerprint density at radius 2 is 1.72 bits per heavy atom. The minimum absolute atomic E-state index is 0.174. The minimum Gasteiger partial charge on any atom is -0.462 e. The maximum atomic E-state index is 13.6. The third kappa shape index (κ3) is 4.85. The average molecular weight is 502 g/mol. The fourth-order valence-corrected chi connectivity index (χ4v) is 5.07. The highest BCUT2D eigenvalue weighted by Gasteiger charge is 2.28. The van der Waals surface area contributed by atoms with Crippen LogP contribution in [0, 0.1) is 13.8 Å². The molecule has 0 spiro atoms. The topological polar surface area (TPSA) is 88.6 Å². The number of para-hydroxylation sites is 1. The van der Waals surface area contributed by atoms with Crippen LogP contribution < -0.4 is 5.32 Å². The molecule has 0 bridgehead atoms. The van der Waals surface area contributed by atoms with Crippen LogP contribution in [-0.2, 0) is 4.74 Å². The van der Waals surface area contributed by atoms with E-state index < -0.39 is 11.9 Å². The van der Waals surface area contributed by atoms with Crippen LogP contribution in [0.2, 0.25) is 0 Å². The quantitative estimate of drug-likeness (QED) is 0.342. The number of thiophene rings is 1. The second kappa shape index (κ2) is 10.3. The van der Waals surface area contributed by atoms with E-state index in [0.717, 1.165) is 22.5 Å². The summed E-state index contributed by atoms with van der Waals surface area (Å²) < 4.78 is 5.23. The number of benzene rings is 2. The third-order valence-electron chi connectivity index (χ3n) is 5.76. The molecule has 0 saturated heterocycles. The molecule has 7 nitrogen and oxygen atoms in total. The molecule has 1 N–H and O–H groups in total. The van der Waals surface area contributed by atoms with Crippen LogP contribution in [0.5, 0.6) is 0 Å². The molecule has 2 aromatic carbocycles. The van der Waals surface area contributed by atoms with E-state index in [-0.39, 0.29) is 23.1 Å². The number of amides is 2. The molecule has 0 aliphatic heterocycles. The Morgan fingerprint density at radius 1 is 1.03 bits per heavy atom. The van der Waals surface area contributed by atoms with E-state index in [0.29, 0.717) is 32.6 Å². The van der Waals surface area contributed by atoms with E-state index >= 15 is 0 Å². The fourth-order valence-electron chi connectivity index (χ4n) is 3.86. The number of carbonyl (C=O) groups excluding carboxylic acids is 3. The van der Waals surface area contributed by atoms with Gasteiger partial charge < -0.3 is 15.0 Å². The van der Waals surface area contributed by atoms with Crippen molar-refractivity contribution in [1.82, 2.24) is 9.88 Å². The number of carbonyl (C=O) groups is 3. The van der Waals surface area contributed by atoms with Crippen LogP contribution in [0.4, 0.5) is 5.00 Å². The van der Waals surface area contributed by atoms with Gasteiger partial charge in [-0.15, -0.1) is 11.3 Å². The largest absolute Gasteiger partial charge is 0.462 e. The van der Waals surface area contributed by atoms with Crippen LogP contribution in [-0.4, -0.2) is 48.4 Å². The first-order chi connectivity index (χ1) is 17.2. The summed E-state index contributed by atoms with van der Waals surface area (Å²) in [4.78, 5) is 45.7. The molecule has 36 heavy (non-hydrogen) atoms. The van der Waals surface area contributed by atoms with Gasteiger partial charge in [-0.25, -0.2) is 9.78 Å².